The third-order valence-corrected chi connectivity index (χ3v) is 16.0. The number of ether oxygens (including phenoxy) is 15. The Labute approximate surface area is 563 Å². The maximum Gasteiger partial charge on any atom is 0.338 e. The van der Waals surface area contributed by atoms with Gasteiger partial charge in [-0.1, -0.05) is 169 Å². The average Bonchev–Trinajstić information content (AvgIpc) is 0.774. The SMILES string of the molecule is CO[C@@H]1O[C@H](COCc2ccccc2)[C@H](O[C@H]2O[C@H](COC(C)=O)[C@@H](OCc3ccccc3)[C@H](OC(=O)c3ccccc3)[C@H]2OCc2ccccc2)[C@H](O[C@@H]2O[C@H](COC(=O)CCl)[C@@H](OC(=O)c3ccccc3)[C@H](OC(=O)c3ccccc3)[C@H]2OC(=O)c2ccccc2)[C@H]1N=[N+]=[N-]. The van der Waals surface area contributed by atoms with Crippen molar-refractivity contribution >= 4 is 47.4 Å². The lowest BCUT2D eigenvalue weighted by molar-refractivity contribution is -0.376. The molecular weight excluding hydrogens is 1280 g/mol. The molecule has 0 radical (unpaired) electrons. The predicted molar refractivity (Wildman–Crippen MR) is 343 cm³/mol. The Hall–Kier alpha value is -9.40. The van der Waals surface area contributed by atoms with Crippen molar-refractivity contribution in [3.8, 4) is 0 Å². The number of esters is 6. The molecule has 0 spiro atoms. The van der Waals surface area contributed by atoms with Crippen LogP contribution in [0, 0.1) is 0 Å². The molecule has 0 bridgehead atoms. The second-order valence-electron chi connectivity index (χ2n) is 22.3. The zero-order valence-electron chi connectivity index (χ0n) is 52.6. The molecule has 0 N–H and O–H groups in total. The standard InChI is InChI=1S/C72H70ClN3O21/c1-45(77)85-43-54-58(87-40-47-26-12-4-13-27-47)62(93-67(80)50-32-18-7-19-33-50)64(88-41-48-28-14-5-15-29-48)71(90-54)96-59-53(42-84-39-46-24-10-3-11-25-46)89-70(83-2)57(75-76-74)61(59)97-72-65(95-69(82)52-36-22-9-23-37-52)63(94-68(81)51-34-20-8-21-35-51)60(55(91-72)44-86-56(78)38-73)92-66(79)49-30-16-6-17-31-49/h3-37,53-55,57-65,70-72H,38-44H2,1-2H3/t53-,54-,55-,57-,58-,59+,60-,61-,62+,63+,64-,65-,70-,71-,72+/m1/s1. The summed E-state index contributed by atoms with van der Waals surface area (Å²) in [5.41, 5.74) is 12.9. The number of hydrogen-bond acceptors (Lipinski definition) is 22. The van der Waals surface area contributed by atoms with Crippen molar-refractivity contribution in [2.24, 2.45) is 5.11 Å². The zero-order chi connectivity index (χ0) is 67.9. The zero-order valence-corrected chi connectivity index (χ0v) is 53.4. The second kappa shape index (κ2) is 35.6. The van der Waals surface area contributed by atoms with Crippen LogP contribution in [0.3, 0.4) is 0 Å². The van der Waals surface area contributed by atoms with E-state index in [0.29, 0.717) is 11.1 Å². The van der Waals surface area contributed by atoms with Crippen LogP contribution in [0.4, 0.5) is 0 Å². The van der Waals surface area contributed by atoms with Crippen LogP contribution in [0.15, 0.2) is 217 Å². The smallest absolute Gasteiger partial charge is 0.338 e. The third-order valence-electron chi connectivity index (χ3n) is 15.7. The van der Waals surface area contributed by atoms with Crippen molar-refractivity contribution in [2.45, 2.75) is 119 Å². The van der Waals surface area contributed by atoms with Crippen molar-refractivity contribution in [3.05, 3.63) is 262 Å². The van der Waals surface area contributed by atoms with Crippen LogP contribution in [0.25, 0.3) is 10.4 Å². The summed E-state index contributed by atoms with van der Waals surface area (Å²) in [6.45, 7) is -0.658. The van der Waals surface area contributed by atoms with E-state index in [2.05, 4.69) is 10.0 Å². The van der Waals surface area contributed by atoms with Gasteiger partial charge in [-0.05, 0) is 70.8 Å². The van der Waals surface area contributed by atoms with Crippen molar-refractivity contribution in [1.82, 2.24) is 0 Å². The van der Waals surface area contributed by atoms with Gasteiger partial charge in [0.25, 0.3) is 0 Å². The molecule has 0 aliphatic carbocycles. The van der Waals surface area contributed by atoms with E-state index < -0.39 is 147 Å². The fourth-order valence-electron chi connectivity index (χ4n) is 11.1. The van der Waals surface area contributed by atoms with Crippen LogP contribution in [0.5, 0.6) is 0 Å². The first-order valence-corrected chi connectivity index (χ1v) is 31.6. The van der Waals surface area contributed by atoms with Gasteiger partial charge in [0.05, 0.1) is 48.7 Å². The van der Waals surface area contributed by atoms with Crippen molar-refractivity contribution in [2.75, 3.05) is 32.8 Å². The van der Waals surface area contributed by atoms with Gasteiger partial charge >= 0.3 is 35.8 Å². The Morgan fingerprint density at radius 3 is 1.23 bits per heavy atom. The molecule has 0 saturated carbocycles. The molecule has 7 aromatic rings. The molecule has 3 fully saturated rings. The molecule has 15 atom stereocenters. The summed E-state index contributed by atoms with van der Waals surface area (Å²) in [6.07, 6.45) is -23.3. The number of rotatable bonds is 29. The molecule has 7 aromatic carbocycles. The van der Waals surface area contributed by atoms with Crippen LogP contribution in [-0.2, 0) is 100 Å². The summed E-state index contributed by atoms with van der Waals surface area (Å²) in [5, 5.41) is 4.18. The van der Waals surface area contributed by atoms with E-state index in [9.17, 15) is 34.3 Å². The summed E-state index contributed by atoms with van der Waals surface area (Å²) in [4.78, 5) is 87.6. The van der Waals surface area contributed by atoms with Gasteiger partial charge < -0.3 is 71.1 Å². The fourth-order valence-corrected chi connectivity index (χ4v) is 11.1. The molecule has 506 valence electrons. The molecule has 3 heterocycles. The summed E-state index contributed by atoms with van der Waals surface area (Å²) in [7, 11) is 1.27. The topological polar surface area (TPSA) is 290 Å². The van der Waals surface area contributed by atoms with Gasteiger partial charge in [-0.25, -0.2) is 19.2 Å². The summed E-state index contributed by atoms with van der Waals surface area (Å²) < 4.78 is 97.8. The molecule has 10 rings (SSSR count). The lowest BCUT2D eigenvalue weighted by Gasteiger charge is -2.51. The van der Waals surface area contributed by atoms with Gasteiger partial charge in [0.15, 0.2) is 43.3 Å². The van der Waals surface area contributed by atoms with Crippen molar-refractivity contribution in [3.63, 3.8) is 0 Å². The van der Waals surface area contributed by atoms with Gasteiger partial charge in [0, 0.05) is 18.9 Å². The van der Waals surface area contributed by atoms with E-state index in [4.69, 9.17) is 82.7 Å². The quantitative estimate of drug-likeness (QED) is 0.0105. The predicted octanol–water partition coefficient (Wildman–Crippen LogP) is 9.89. The number of benzene rings is 7. The van der Waals surface area contributed by atoms with Crippen molar-refractivity contribution < 1.29 is 99.8 Å². The minimum Gasteiger partial charge on any atom is -0.463 e. The highest BCUT2D eigenvalue weighted by Gasteiger charge is 2.59. The molecule has 3 aliphatic heterocycles. The van der Waals surface area contributed by atoms with Gasteiger partial charge in [-0.2, -0.15) is 0 Å². The molecule has 3 saturated heterocycles. The molecule has 0 unspecified atom stereocenters. The van der Waals surface area contributed by atoms with E-state index in [1.807, 2.05) is 66.7 Å². The fraction of sp³-hybridized carbons (Fsp3) is 0.333. The largest absolute Gasteiger partial charge is 0.463 e. The lowest BCUT2D eigenvalue weighted by atomic mass is 9.94. The maximum atomic E-state index is 14.8. The van der Waals surface area contributed by atoms with Crippen LogP contribution in [-0.4, -0.2) is 161 Å². The molecule has 0 amide bonds. The van der Waals surface area contributed by atoms with Crippen molar-refractivity contribution in [1.29, 1.82) is 0 Å². The van der Waals surface area contributed by atoms with Crippen LogP contribution in [0.2, 0.25) is 0 Å². The van der Waals surface area contributed by atoms with E-state index in [1.165, 1.54) is 50.4 Å². The van der Waals surface area contributed by atoms with E-state index in [0.717, 1.165) is 5.56 Å². The van der Waals surface area contributed by atoms with E-state index >= 15 is 0 Å². The highest BCUT2D eigenvalue weighted by atomic mass is 35.5. The number of methoxy groups -OCH3 is 1. The lowest BCUT2D eigenvalue weighted by Crippen LogP contribution is -2.68. The summed E-state index contributed by atoms with van der Waals surface area (Å²) in [6, 6.07) is 57.0. The Morgan fingerprint density at radius 1 is 0.423 bits per heavy atom. The molecule has 24 nitrogen and oxygen atoms in total. The normalized spacial score (nSPS) is 25.2. The van der Waals surface area contributed by atoms with E-state index in [-0.39, 0.29) is 48.7 Å². The molecule has 97 heavy (non-hydrogen) atoms. The first-order chi connectivity index (χ1) is 47.4. The Balaban J connectivity index is 1.14. The van der Waals surface area contributed by atoms with Crippen LogP contribution in [0.1, 0.15) is 65.0 Å². The first-order valence-electron chi connectivity index (χ1n) is 31.0. The Bertz CT molecular complexity index is 3700. The number of hydrogen-bond donors (Lipinski definition) is 0. The van der Waals surface area contributed by atoms with Crippen LogP contribution < -0.4 is 0 Å². The van der Waals surface area contributed by atoms with Gasteiger partial charge in [-0.3, -0.25) is 9.59 Å². The third kappa shape index (κ3) is 19.2. The Morgan fingerprint density at radius 2 is 0.784 bits per heavy atom. The average molecular weight is 1350 g/mol. The molecular formula is C72H70ClN3O21. The number of alkyl halides is 1. The molecule has 3 aliphatic rings. The highest BCUT2D eigenvalue weighted by Crippen LogP contribution is 2.40. The number of carbonyl (C=O) groups is 6. The number of halogens is 1. The molecule has 25 heteroatoms. The summed E-state index contributed by atoms with van der Waals surface area (Å²) in [5.74, 6) is -6.10. The Kier molecular flexibility index (Phi) is 25.8. The van der Waals surface area contributed by atoms with Gasteiger partial charge in [-0.15, -0.1) is 11.6 Å². The van der Waals surface area contributed by atoms with Gasteiger partial charge in [0.1, 0.15) is 67.9 Å². The van der Waals surface area contributed by atoms with Gasteiger partial charge in [0.2, 0.25) is 0 Å². The summed E-state index contributed by atoms with van der Waals surface area (Å²) >= 11 is 5.99. The first kappa shape index (κ1) is 70.4. The minimum absolute atomic E-state index is 0.00410. The maximum absolute atomic E-state index is 14.8. The van der Waals surface area contributed by atoms with E-state index in [1.54, 1.807) is 109 Å². The molecule has 0 aromatic heterocycles. The number of azide groups is 1. The minimum atomic E-state index is -2.06. The number of carbonyl (C=O) groups excluding carboxylic acids is 6. The van der Waals surface area contributed by atoms with Crippen LogP contribution >= 0.6 is 11.6 Å². The second-order valence-corrected chi connectivity index (χ2v) is 22.6. The monoisotopic (exact) mass is 1350 g/mol. The highest BCUT2D eigenvalue weighted by molar-refractivity contribution is 6.26. The number of nitrogens with zero attached hydrogens (tertiary/aromatic N) is 3.